The Labute approximate surface area is 176 Å². The second-order valence-corrected chi connectivity index (χ2v) is 8.71. The standard InChI is InChI=1S/C20H16N4O4S2/c25-18(13-28-17-5-1-3-14-4-2-10-21-19(14)17)23-15-6-8-16(9-7-15)30(26,27)24-20-22-11-12-29-20/h1-12H,13H2,(H,22,24)(H,23,25). The smallest absolute Gasteiger partial charge is 0.263 e. The van der Waals surface area contributed by atoms with Crippen molar-refractivity contribution in [2.45, 2.75) is 4.90 Å². The van der Waals surface area contributed by atoms with Crippen LogP contribution >= 0.6 is 11.3 Å². The number of carbonyl (C=O) groups excluding carboxylic acids is 1. The molecule has 0 saturated carbocycles. The van der Waals surface area contributed by atoms with Crippen molar-refractivity contribution >= 4 is 49.0 Å². The van der Waals surface area contributed by atoms with Crippen molar-refractivity contribution in [3.8, 4) is 5.75 Å². The Morgan fingerprint density at radius 1 is 1.00 bits per heavy atom. The first-order valence-electron chi connectivity index (χ1n) is 8.80. The summed E-state index contributed by atoms with van der Waals surface area (Å²) in [7, 11) is -3.74. The molecule has 0 aliphatic rings. The van der Waals surface area contributed by atoms with Gasteiger partial charge in [-0.1, -0.05) is 18.2 Å². The van der Waals surface area contributed by atoms with Crippen molar-refractivity contribution in [2.24, 2.45) is 0 Å². The normalized spacial score (nSPS) is 11.2. The van der Waals surface area contributed by atoms with E-state index >= 15 is 0 Å². The van der Waals surface area contributed by atoms with Crippen LogP contribution in [0.1, 0.15) is 0 Å². The predicted octanol–water partition coefficient (Wildman–Crippen LogP) is 3.51. The number of pyridine rings is 1. The van der Waals surface area contributed by atoms with Gasteiger partial charge >= 0.3 is 0 Å². The van der Waals surface area contributed by atoms with Gasteiger partial charge in [0, 0.05) is 28.8 Å². The quantitative estimate of drug-likeness (QED) is 0.455. The molecule has 0 unspecified atom stereocenters. The van der Waals surface area contributed by atoms with Crippen molar-refractivity contribution in [1.82, 2.24) is 9.97 Å². The maximum atomic E-state index is 12.3. The summed E-state index contributed by atoms with van der Waals surface area (Å²) < 4.78 is 32.7. The molecular weight excluding hydrogens is 424 g/mol. The highest BCUT2D eigenvalue weighted by Crippen LogP contribution is 2.23. The zero-order valence-electron chi connectivity index (χ0n) is 15.5. The number of ether oxygens (including phenoxy) is 1. The fourth-order valence-electron chi connectivity index (χ4n) is 2.70. The SMILES string of the molecule is O=C(COc1cccc2cccnc12)Nc1ccc(S(=O)(=O)Nc2nccs2)cc1. The fraction of sp³-hybridized carbons (Fsp3) is 0.0500. The molecule has 0 atom stereocenters. The van der Waals surface area contributed by atoms with E-state index in [1.54, 1.807) is 17.6 Å². The van der Waals surface area contributed by atoms with Gasteiger partial charge in [-0.25, -0.2) is 13.4 Å². The zero-order valence-corrected chi connectivity index (χ0v) is 17.1. The molecule has 0 aliphatic heterocycles. The van der Waals surface area contributed by atoms with Crippen molar-refractivity contribution in [2.75, 3.05) is 16.6 Å². The van der Waals surface area contributed by atoms with Crippen LogP contribution in [0.3, 0.4) is 0 Å². The maximum absolute atomic E-state index is 12.3. The molecule has 1 amide bonds. The number of rotatable bonds is 7. The van der Waals surface area contributed by atoms with Crippen molar-refractivity contribution < 1.29 is 17.9 Å². The average Bonchev–Trinajstić information content (AvgIpc) is 3.25. The Morgan fingerprint density at radius 3 is 2.57 bits per heavy atom. The van der Waals surface area contributed by atoms with Crippen LogP contribution in [0.15, 0.2) is 77.3 Å². The summed E-state index contributed by atoms with van der Waals surface area (Å²) in [4.78, 5) is 20.5. The minimum absolute atomic E-state index is 0.0637. The molecule has 2 aromatic heterocycles. The van der Waals surface area contributed by atoms with Crippen LogP contribution in [0.25, 0.3) is 10.9 Å². The monoisotopic (exact) mass is 440 g/mol. The molecule has 2 aromatic carbocycles. The van der Waals surface area contributed by atoms with Gasteiger partial charge in [-0.05, 0) is 36.4 Å². The number of benzene rings is 2. The third-order valence-electron chi connectivity index (χ3n) is 4.06. The van der Waals surface area contributed by atoms with Gasteiger partial charge in [-0.15, -0.1) is 11.3 Å². The van der Waals surface area contributed by atoms with E-state index in [0.29, 0.717) is 17.0 Å². The summed E-state index contributed by atoms with van der Waals surface area (Å²) in [5.41, 5.74) is 1.13. The molecule has 30 heavy (non-hydrogen) atoms. The number of sulfonamides is 1. The van der Waals surface area contributed by atoms with Gasteiger partial charge in [0.25, 0.3) is 15.9 Å². The third kappa shape index (κ3) is 4.56. The van der Waals surface area contributed by atoms with E-state index in [1.807, 2.05) is 24.3 Å². The van der Waals surface area contributed by atoms with Crippen LogP contribution in [0.4, 0.5) is 10.8 Å². The molecule has 8 nitrogen and oxygen atoms in total. The molecule has 0 radical (unpaired) electrons. The highest BCUT2D eigenvalue weighted by Gasteiger charge is 2.15. The zero-order chi connectivity index (χ0) is 21.0. The summed E-state index contributed by atoms with van der Waals surface area (Å²) in [5.74, 6) is 0.136. The fourth-order valence-corrected chi connectivity index (χ4v) is 4.49. The molecule has 10 heteroatoms. The lowest BCUT2D eigenvalue weighted by Gasteiger charge is -2.10. The van der Waals surface area contributed by atoms with E-state index in [9.17, 15) is 13.2 Å². The number of fused-ring (bicyclic) bond motifs is 1. The van der Waals surface area contributed by atoms with Crippen LogP contribution in [0.5, 0.6) is 5.75 Å². The second kappa shape index (κ2) is 8.47. The summed E-state index contributed by atoms with van der Waals surface area (Å²) >= 11 is 1.18. The number of amides is 1. The number of hydrogen-bond donors (Lipinski definition) is 2. The lowest BCUT2D eigenvalue weighted by atomic mass is 10.2. The number of para-hydroxylation sites is 1. The topological polar surface area (TPSA) is 110 Å². The second-order valence-electron chi connectivity index (χ2n) is 6.14. The number of nitrogens with zero attached hydrogens (tertiary/aromatic N) is 2. The van der Waals surface area contributed by atoms with E-state index in [4.69, 9.17) is 4.74 Å². The van der Waals surface area contributed by atoms with Crippen LogP contribution < -0.4 is 14.8 Å². The van der Waals surface area contributed by atoms with Gasteiger partial charge < -0.3 is 10.1 Å². The molecule has 0 bridgehead atoms. The van der Waals surface area contributed by atoms with Gasteiger partial charge in [-0.3, -0.25) is 14.5 Å². The van der Waals surface area contributed by atoms with Crippen molar-refractivity contribution in [3.05, 3.63) is 72.4 Å². The molecule has 0 fully saturated rings. The summed E-state index contributed by atoms with van der Waals surface area (Å²) in [6, 6.07) is 15.1. The van der Waals surface area contributed by atoms with Gasteiger partial charge in [0.05, 0.1) is 4.90 Å². The van der Waals surface area contributed by atoms with E-state index in [-0.39, 0.29) is 22.5 Å². The summed E-state index contributed by atoms with van der Waals surface area (Å²) in [5, 5.41) is 5.55. The van der Waals surface area contributed by atoms with Gasteiger partial charge in [0.15, 0.2) is 11.7 Å². The minimum atomic E-state index is -3.74. The molecule has 4 aromatic rings. The van der Waals surface area contributed by atoms with E-state index in [1.165, 1.54) is 41.8 Å². The Bertz CT molecular complexity index is 1270. The first kappa shape index (κ1) is 19.8. The van der Waals surface area contributed by atoms with Crippen molar-refractivity contribution in [1.29, 1.82) is 0 Å². The van der Waals surface area contributed by atoms with Crippen LogP contribution in [0, 0.1) is 0 Å². The van der Waals surface area contributed by atoms with Crippen LogP contribution in [-0.4, -0.2) is 30.9 Å². The first-order valence-corrected chi connectivity index (χ1v) is 11.2. The Morgan fingerprint density at radius 2 is 1.80 bits per heavy atom. The highest BCUT2D eigenvalue weighted by atomic mass is 32.2. The molecule has 4 rings (SSSR count). The number of hydrogen-bond acceptors (Lipinski definition) is 7. The number of aromatic nitrogens is 2. The molecular formula is C20H16N4O4S2. The number of anilines is 2. The number of carbonyl (C=O) groups is 1. The lowest BCUT2D eigenvalue weighted by molar-refractivity contribution is -0.118. The Kier molecular flexibility index (Phi) is 5.59. The molecule has 0 saturated heterocycles. The molecule has 0 spiro atoms. The third-order valence-corrected chi connectivity index (χ3v) is 6.23. The van der Waals surface area contributed by atoms with E-state index in [0.717, 1.165) is 5.39 Å². The number of nitrogens with one attached hydrogen (secondary N) is 2. The molecule has 2 N–H and O–H groups in total. The van der Waals surface area contributed by atoms with Crippen LogP contribution in [-0.2, 0) is 14.8 Å². The first-order chi connectivity index (χ1) is 14.5. The Hall–Kier alpha value is -3.50. The highest BCUT2D eigenvalue weighted by molar-refractivity contribution is 7.93. The minimum Gasteiger partial charge on any atom is -0.481 e. The van der Waals surface area contributed by atoms with Gasteiger partial charge in [0.1, 0.15) is 11.3 Å². The molecule has 0 aliphatic carbocycles. The number of thiazole rings is 1. The molecule has 152 valence electrons. The average molecular weight is 441 g/mol. The lowest BCUT2D eigenvalue weighted by Crippen LogP contribution is -2.20. The van der Waals surface area contributed by atoms with Crippen molar-refractivity contribution in [3.63, 3.8) is 0 Å². The Balaban J connectivity index is 1.38. The summed E-state index contributed by atoms with van der Waals surface area (Å²) in [6.45, 7) is -0.207. The van der Waals surface area contributed by atoms with E-state index in [2.05, 4.69) is 20.0 Å². The van der Waals surface area contributed by atoms with E-state index < -0.39 is 10.0 Å². The predicted molar refractivity (Wildman–Crippen MR) is 115 cm³/mol. The van der Waals surface area contributed by atoms with Crippen LogP contribution in [0.2, 0.25) is 0 Å². The largest absolute Gasteiger partial charge is 0.481 e. The van der Waals surface area contributed by atoms with Gasteiger partial charge in [-0.2, -0.15) is 0 Å². The maximum Gasteiger partial charge on any atom is 0.263 e. The molecule has 2 heterocycles. The summed E-state index contributed by atoms with van der Waals surface area (Å²) in [6.07, 6.45) is 3.17. The van der Waals surface area contributed by atoms with Gasteiger partial charge in [0.2, 0.25) is 0 Å².